The average Bonchev–Trinajstić information content (AvgIpc) is 3.57. The van der Waals surface area contributed by atoms with E-state index in [1.54, 1.807) is 4.90 Å². The number of urea groups is 1. The van der Waals surface area contributed by atoms with Gasteiger partial charge in [0.1, 0.15) is 11.8 Å². The Hall–Kier alpha value is -3.36. The molecule has 0 radical (unpaired) electrons. The molecular weight excluding hydrogens is 786 g/mol. The summed E-state index contributed by atoms with van der Waals surface area (Å²) >= 11 is 6.69. The number of anilines is 1. The topological polar surface area (TPSA) is 132 Å². The second kappa shape index (κ2) is 17.9. The third kappa shape index (κ3) is 9.55. The number of carbonyl (C=O) groups excluding carboxylic acids is 4. The largest absolute Gasteiger partial charge is 0.506 e. The van der Waals surface area contributed by atoms with Crippen molar-refractivity contribution in [3.63, 3.8) is 0 Å². The van der Waals surface area contributed by atoms with Crippen LogP contribution in [0.2, 0.25) is 0 Å². The van der Waals surface area contributed by atoms with Gasteiger partial charge in [0.05, 0.1) is 23.2 Å². The van der Waals surface area contributed by atoms with Gasteiger partial charge in [-0.25, -0.2) is 9.59 Å². The Morgan fingerprint density at radius 3 is 2.16 bits per heavy atom. The van der Waals surface area contributed by atoms with Crippen LogP contribution in [-0.4, -0.2) is 120 Å². The highest BCUT2D eigenvalue weighted by Crippen LogP contribution is 2.34. The third-order valence-electron chi connectivity index (χ3n) is 10.5. The predicted octanol–water partition coefficient (Wildman–Crippen LogP) is 6.03. The van der Waals surface area contributed by atoms with Crippen LogP contribution in [0.15, 0.2) is 45.3 Å². The van der Waals surface area contributed by atoms with Crippen molar-refractivity contribution in [1.82, 2.24) is 19.6 Å². The van der Waals surface area contributed by atoms with Crippen LogP contribution in [-0.2, 0) is 31.9 Å². The lowest BCUT2D eigenvalue weighted by atomic mass is 9.97. The molecule has 3 fully saturated rings. The van der Waals surface area contributed by atoms with Crippen molar-refractivity contribution in [3.05, 3.63) is 56.5 Å². The van der Waals surface area contributed by atoms with Crippen LogP contribution >= 0.6 is 31.9 Å². The van der Waals surface area contributed by atoms with E-state index >= 15 is 0 Å². The minimum Gasteiger partial charge on any atom is -0.506 e. The number of esters is 1. The van der Waals surface area contributed by atoms with Gasteiger partial charge in [-0.3, -0.25) is 14.5 Å². The van der Waals surface area contributed by atoms with E-state index in [9.17, 15) is 24.3 Å². The number of aromatic hydroxyl groups is 1. The number of piperidine rings is 2. The first kappa shape index (κ1) is 38.9. The number of phenolic OH excluding ortho intramolecular Hbond substituents is 1. The first-order valence-electron chi connectivity index (χ1n) is 17.8. The summed E-state index contributed by atoms with van der Waals surface area (Å²) in [4.78, 5) is 56.8. The highest BCUT2D eigenvalue weighted by molar-refractivity contribution is 9.11. The summed E-state index contributed by atoms with van der Waals surface area (Å²) in [5.74, 6) is 0.0574. The Balaban J connectivity index is 0.000000205. The Bertz CT molecular complexity index is 1540. The van der Waals surface area contributed by atoms with Gasteiger partial charge < -0.3 is 34.6 Å². The fourth-order valence-electron chi connectivity index (χ4n) is 7.75. The van der Waals surface area contributed by atoms with Crippen molar-refractivity contribution in [2.45, 2.75) is 76.4 Å². The molecule has 0 spiro atoms. The Morgan fingerprint density at radius 1 is 0.882 bits per heavy atom. The van der Waals surface area contributed by atoms with E-state index < -0.39 is 0 Å². The summed E-state index contributed by atoms with van der Waals surface area (Å²) in [6.07, 6.45) is 6.43. The summed E-state index contributed by atoms with van der Waals surface area (Å²) in [6, 6.07) is 12.0. The molecule has 14 heteroatoms. The van der Waals surface area contributed by atoms with Gasteiger partial charge in [-0.15, -0.1) is 0 Å². The lowest BCUT2D eigenvalue weighted by molar-refractivity contribution is -0.147. The number of benzene rings is 2. The van der Waals surface area contributed by atoms with Crippen LogP contribution in [0.25, 0.3) is 0 Å². The lowest BCUT2D eigenvalue weighted by Gasteiger charge is -2.39. The minimum absolute atomic E-state index is 0.0403. The van der Waals surface area contributed by atoms with Crippen molar-refractivity contribution < 1.29 is 33.8 Å². The van der Waals surface area contributed by atoms with Gasteiger partial charge in [-0.05, 0) is 119 Å². The maximum Gasteiger partial charge on any atom is 0.409 e. The van der Waals surface area contributed by atoms with Crippen molar-refractivity contribution >= 4 is 61.5 Å². The normalized spacial score (nSPS) is 20.8. The SMILES string of the molecule is COC(=O)N1CCC(N2CCc3ccccc3NC2=O)CC1.COC(=O)[C@H]1CCCN1C1CCN(C(=O)[C@H](C)Cc2cc(Br)c(O)c(Br)c2)CC1. The summed E-state index contributed by atoms with van der Waals surface area (Å²) in [6.45, 7) is 6.31. The fourth-order valence-corrected chi connectivity index (χ4v) is 9.03. The number of carbonyl (C=O) groups is 4. The number of hydrogen-bond acceptors (Lipinski definition) is 8. The second-order valence-electron chi connectivity index (χ2n) is 13.7. The monoisotopic (exact) mass is 833 g/mol. The highest BCUT2D eigenvalue weighted by Gasteiger charge is 2.38. The first-order chi connectivity index (χ1) is 24.5. The van der Waals surface area contributed by atoms with E-state index in [1.165, 1.54) is 19.8 Å². The van der Waals surface area contributed by atoms with E-state index in [-0.39, 0.29) is 47.8 Å². The molecule has 4 aliphatic rings. The van der Waals surface area contributed by atoms with Crippen LogP contribution in [0, 0.1) is 5.92 Å². The standard InChI is InChI=1S/C21H28Br2N2O4.C16H21N3O3/c1-13(10-14-11-16(22)19(26)17(23)12-14)20(27)24-8-5-15(6-9-24)25-7-3-4-18(25)21(28)29-2;1-22-16(21)18-9-7-13(8-10-18)19-11-6-12-4-2-3-5-14(12)17-15(19)20/h11-13,15,18,26H,3-10H2,1-2H3;2-5,13H,6-11H2,1H3,(H,17,20)/t13-,18-;/m1./s1. The number of amides is 4. The predicted molar refractivity (Wildman–Crippen MR) is 201 cm³/mol. The van der Waals surface area contributed by atoms with Crippen LogP contribution in [0.4, 0.5) is 15.3 Å². The van der Waals surface area contributed by atoms with Gasteiger partial charge in [0.2, 0.25) is 5.91 Å². The molecule has 6 rings (SSSR count). The van der Waals surface area contributed by atoms with Gasteiger partial charge in [0.15, 0.2) is 0 Å². The molecule has 278 valence electrons. The number of nitrogens with one attached hydrogen (secondary N) is 1. The molecule has 2 atom stereocenters. The van der Waals surface area contributed by atoms with Gasteiger partial charge in [-0.1, -0.05) is 25.1 Å². The number of nitrogens with zero attached hydrogens (tertiary/aromatic N) is 4. The Labute approximate surface area is 317 Å². The molecule has 12 nitrogen and oxygen atoms in total. The molecule has 0 saturated carbocycles. The number of hydrogen-bond donors (Lipinski definition) is 2. The molecule has 2 N–H and O–H groups in total. The molecule has 0 aromatic heterocycles. The van der Waals surface area contributed by atoms with Crippen LogP contribution < -0.4 is 5.32 Å². The molecule has 2 aromatic rings. The van der Waals surface area contributed by atoms with Crippen molar-refractivity contribution in [1.29, 1.82) is 0 Å². The molecule has 3 saturated heterocycles. The van der Waals surface area contributed by atoms with Gasteiger partial charge in [0, 0.05) is 56.4 Å². The quantitative estimate of drug-likeness (QED) is 0.338. The Kier molecular flexibility index (Phi) is 13.7. The molecule has 51 heavy (non-hydrogen) atoms. The van der Waals surface area contributed by atoms with Gasteiger partial charge >= 0.3 is 18.1 Å². The molecule has 4 amide bonds. The number of ether oxygens (including phenoxy) is 2. The zero-order valence-electron chi connectivity index (χ0n) is 29.6. The van der Waals surface area contributed by atoms with Crippen molar-refractivity contribution in [2.75, 3.05) is 58.8 Å². The molecule has 4 heterocycles. The molecule has 0 bridgehead atoms. The molecular formula is C37H49Br2N5O7. The molecule has 4 aliphatic heterocycles. The number of halogens is 2. The van der Waals surface area contributed by atoms with E-state index in [2.05, 4.69) is 48.1 Å². The zero-order valence-corrected chi connectivity index (χ0v) is 32.8. The van der Waals surface area contributed by atoms with Crippen LogP contribution in [0.3, 0.4) is 0 Å². The second-order valence-corrected chi connectivity index (χ2v) is 15.4. The summed E-state index contributed by atoms with van der Waals surface area (Å²) in [5, 5.41) is 12.9. The van der Waals surface area contributed by atoms with E-state index in [0.29, 0.717) is 41.0 Å². The van der Waals surface area contributed by atoms with Crippen LogP contribution in [0.5, 0.6) is 5.75 Å². The van der Waals surface area contributed by atoms with E-state index in [4.69, 9.17) is 9.47 Å². The number of rotatable bonds is 6. The number of phenols is 1. The number of fused-ring (bicyclic) bond motifs is 1. The van der Waals surface area contributed by atoms with Gasteiger partial charge in [0.25, 0.3) is 0 Å². The lowest BCUT2D eigenvalue weighted by Crippen LogP contribution is -2.51. The molecule has 2 aromatic carbocycles. The zero-order chi connectivity index (χ0) is 36.7. The van der Waals surface area contributed by atoms with Crippen molar-refractivity contribution in [3.8, 4) is 5.75 Å². The van der Waals surface area contributed by atoms with Gasteiger partial charge in [-0.2, -0.15) is 0 Å². The highest BCUT2D eigenvalue weighted by atomic mass is 79.9. The third-order valence-corrected chi connectivity index (χ3v) is 11.7. The average molecular weight is 836 g/mol. The van der Waals surface area contributed by atoms with E-state index in [0.717, 1.165) is 75.8 Å². The molecule has 0 aliphatic carbocycles. The maximum absolute atomic E-state index is 13.0. The fraction of sp³-hybridized carbons (Fsp3) is 0.568. The number of para-hydroxylation sites is 1. The summed E-state index contributed by atoms with van der Waals surface area (Å²) in [5.41, 5.74) is 3.07. The summed E-state index contributed by atoms with van der Waals surface area (Å²) < 4.78 is 10.9. The smallest absolute Gasteiger partial charge is 0.409 e. The first-order valence-corrected chi connectivity index (χ1v) is 19.4. The van der Waals surface area contributed by atoms with E-state index in [1.807, 2.05) is 47.1 Å². The summed E-state index contributed by atoms with van der Waals surface area (Å²) in [7, 11) is 2.85. The Morgan fingerprint density at radius 2 is 1.51 bits per heavy atom. The number of methoxy groups -OCH3 is 2. The number of likely N-dealkylation sites (tertiary alicyclic amines) is 3. The van der Waals surface area contributed by atoms with Crippen molar-refractivity contribution in [2.24, 2.45) is 5.92 Å². The van der Waals surface area contributed by atoms with Crippen LogP contribution in [0.1, 0.15) is 56.6 Å². The minimum atomic E-state index is -0.286. The maximum atomic E-state index is 13.0. The molecule has 0 unspecified atom stereocenters.